The first-order valence-corrected chi connectivity index (χ1v) is 3.56. The number of rotatable bonds is 2. The maximum atomic E-state index is 8.65. The van der Waals surface area contributed by atoms with Gasteiger partial charge in [-0.3, -0.25) is 0 Å². The van der Waals surface area contributed by atoms with Crippen LogP contribution in [0.3, 0.4) is 0 Å². The molecule has 0 aliphatic heterocycles. The van der Waals surface area contributed by atoms with Crippen molar-refractivity contribution < 1.29 is 0 Å². The molecule has 0 radical (unpaired) electrons. The van der Waals surface area contributed by atoms with Crippen molar-refractivity contribution >= 4 is 0 Å². The van der Waals surface area contributed by atoms with Crippen LogP contribution in [0.2, 0.25) is 0 Å². The molecule has 0 bridgehead atoms. The third kappa shape index (κ3) is 1.79. The van der Waals surface area contributed by atoms with E-state index in [2.05, 4.69) is 6.07 Å². The highest BCUT2D eigenvalue weighted by atomic mass is 14.5. The van der Waals surface area contributed by atoms with Crippen molar-refractivity contribution in [3.63, 3.8) is 0 Å². The van der Waals surface area contributed by atoms with Crippen LogP contribution in [0.15, 0.2) is 24.3 Å². The largest absolute Gasteiger partial charge is 0.330 e. The summed E-state index contributed by atoms with van der Waals surface area (Å²) in [5.41, 5.74) is 7.15. The first kappa shape index (κ1) is 7.77. The Morgan fingerprint density at radius 2 is 2.09 bits per heavy atom. The molecule has 0 saturated heterocycles. The number of nitriles is 1. The van der Waals surface area contributed by atoms with Gasteiger partial charge in [0, 0.05) is 0 Å². The van der Waals surface area contributed by atoms with Gasteiger partial charge in [0.2, 0.25) is 0 Å². The Bertz CT molecular complexity index is 273. The van der Waals surface area contributed by atoms with Crippen molar-refractivity contribution in [2.24, 2.45) is 5.73 Å². The molecule has 0 unspecified atom stereocenters. The van der Waals surface area contributed by atoms with E-state index in [1.807, 2.05) is 24.3 Å². The maximum Gasteiger partial charge on any atom is 0.0994 e. The number of benzene rings is 1. The van der Waals surface area contributed by atoms with Gasteiger partial charge in [-0.05, 0) is 24.6 Å². The van der Waals surface area contributed by atoms with E-state index < -0.39 is 0 Å². The van der Waals surface area contributed by atoms with E-state index in [-0.39, 0.29) is 0 Å². The molecule has 0 fully saturated rings. The molecular weight excluding hydrogens is 136 g/mol. The molecule has 0 aromatic heterocycles. The SMILES string of the molecule is N#Cc1ccccc1CCN. The molecule has 11 heavy (non-hydrogen) atoms. The number of hydrogen-bond acceptors (Lipinski definition) is 2. The maximum absolute atomic E-state index is 8.65. The lowest BCUT2D eigenvalue weighted by Gasteiger charge is -1.99. The molecule has 0 amide bonds. The number of nitrogens with two attached hydrogens (primary N) is 1. The molecule has 56 valence electrons. The quantitative estimate of drug-likeness (QED) is 0.678. The molecule has 2 N–H and O–H groups in total. The van der Waals surface area contributed by atoms with Gasteiger partial charge < -0.3 is 5.73 Å². The Labute approximate surface area is 66.3 Å². The Hall–Kier alpha value is -1.33. The fraction of sp³-hybridized carbons (Fsp3) is 0.222. The van der Waals surface area contributed by atoms with Crippen molar-refractivity contribution in [2.75, 3.05) is 6.54 Å². The highest BCUT2D eigenvalue weighted by molar-refractivity contribution is 5.37. The summed E-state index contributed by atoms with van der Waals surface area (Å²) < 4.78 is 0. The Morgan fingerprint density at radius 1 is 1.36 bits per heavy atom. The monoisotopic (exact) mass is 146 g/mol. The predicted molar refractivity (Wildman–Crippen MR) is 43.9 cm³/mol. The molecule has 0 aliphatic carbocycles. The Morgan fingerprint density at radius 3 is 2.73 bits per heavy atom. The Balaban J connectivity index is 2.95. The average Bonchev–Trinajstić information content (AvgIpc) is 2.06. The number of nitrogens with zero attached hydrogens (tertiary/aromatic N) is 1. The van der Waals surface area contributed by atoms with Gasteiger partial charge in [-0.2, -0.15) is 5.26 Å². The normalized spacial score (nSPS) is 9.09. The van der Waals surface area contributed by atoms with Gasteiger partial charge in [-0.25, -0.2) is 0 Å². The topological polar surface area (TPSA) is 49.8 Å². The summed E-state index contributed by atoms with van der Waals surface area (Å²) in [5, 5.41) is 8.65. The molecule has 0 spiro atoms. The van der Waals surface area contributed by atoms with Crippen LogP contribution in [-0.4, -0.2) is 6.54 Å². The molecule has 0 saturated carbocycles. The van der Waals surface area contributed by atoms with Gasteiger partial charge in [0.15, 0.2) is 0 Å². The van der Waals surface area contributed by atoms with Crippen molar-refractivity contribution in [1.29, 1.82) is 5.26 Å². The molecule has 1 rings (SSSR count). The first-order valence-electron chi connectivity index (χ1n) is 3.56. The van der Waals surface area contributed by atoms with E-state index in [9.17, 15) is 0 Å². The minimum atomic E-state index is 0.596. The lowest BCUT2D eigenvalue weighted by molar-refractivity contribution is 0.964. The summed E-state index contributed by atoms with van der Waals surface area (Å²) in [6.07, 6.45) is 0.781. The van der Waals surface area contributed by atoms with E-state index in [1.54, 1.807) is 0 Å². The third-order valence-electron chi connectivity index (χ3n) is 1.55. The van der Waals surface area contributed by atoms with Crippen LogP contribution < -0.4 is 5.73 Å². The van der Waals surface area contributed by atoms with Crippen molar-refractivity contribution in [3.05, 3.63) is 35.4 Å². The Kier molecular flexibility index (Phi) is 2.65. The second-order valence-electron chi connectivity index (χ2n) is 2.31. The zero-order chi connectivity index (χ0) is 8.10. The number of hydrogen-bond donors (Lipinski definition) is 1. The van der Waals surface area contributed by atoms with Crippen LogP contribution in [-0.2, 0) is 6.42 Å². The third-order valence-corrected chi connectivity index (χ3v) is 1.55. The van der Waals surface area contributed by atoms with Gasteiger partial charge >= 0.3 is 0 Å². The molecule has 2 heteroatoms. The van der Waals surface area contributed by atoms with E-state index in [1.165, 1.54) is 0 Å². The van der Waals surface area contributed by atoms with Crippen LogP contribution in [0, 0.1) is 11.3 Å². The standard InChI is InChI=1S/C9H10N2/c10-6-5-8-3-1-2-4-9(8)7-11/h1-4H,5-6,10H2. The van der Waals surface area contributed by atoms with Gasteiger partial charge in [-0.15, -0.1) is 0 Å². The summed E-state index contributed by atoms with van der Waals surface area (Å²) in [5.74, 6) is 0. The minimum Gasteiger partial charge on any atom is -0.330 e. The van der Waals surface area contributed by atoms with E-state index in [4.69, 9.17) is 11.0 Å². The van der Waals surface area contributed by atoms with E-state index >= 15 is 0 Å². The van der Waals surface area contributed by atoms with Crippen molar-refractivity contribution in [2.45, 2.75) is 6.42 Å². The fourth-order valence-electron chi connectivity index (χ4n) is 1.00. The molecule has 2 nitrogen and oxygen atoms in total. The molecule has 0 atom stereocenters. The zero-order valence-corrected chi connectivity index (χ0v) is 6.25. The molecule has 0 heterocycles. The average molecular weight is 146 g/mol. The highest BCUT2D eigenvalue weighted by Crippen LogP contribution is 2.06. The zero-order valence-electron chi connectivity index (χ0n) is 6.25. The summed E-state index contributed by atoms with van der Waals surface area (Å²) in [6.45, 7) is 0.596. The van der Waals surface area contributed by atoms with Crippen LogP contribution in [0.25, 0.3) is 0 Å². The van der Waals surface area contributed by atoms with Gasteiger partial charge in [-0.1, -0.05) is 18.2 Å². The molecular formula is C9H10N2. The lowest BCUT2D eigenvalue weighted by Crippen LogP contribution is -2.03. The molecule has 0 aliphatic rings. The van der Waals surface area contributed by atoms with Crippen LogP contribution in [0.5, 0.6) is 0 Å². The highest BCUT2D eigenvalue weighted by Gasteiger charge is 1.97. The van der Waals surface area contributed by atoms with Crippen LogP contribution >= 0.6 is 0 Å². The van der Waals surface area contributed by atoms with Gasteiger partial charge in [0.05, 0.1) is 11.6 Å². The summed E-state index contributed by atoms with van der Waals surface area (Å²) in [7, 11) is 0. The molecule has 1 aromatic carbocycles. The summed E-state index contributed by atoms with van der Waals surface area (Å²) in [6, 6.07) is 9.65. The van der Waals surface area contributed by atoms with Gasteiger partial charge in [0.25, 0.3) is 0 Å². The predicted octanol–water partition coefficient (Wildman–Crippen LogP) is 1.06. The smallest absolute Gasteiger partial charge is 0.0994 e. The van der Waals surface area contributed by atoms with E-state index in [0.29, 0.717) is 6.54 Å². The minimum absolute atomic E-state index is 0.596. The van der Waals surface area contributed by atoms with Crippen LogP contribution in [0.1, 0.15) is 11.1 Å². The second kappa shape index (κ2) is 3.75. The molecule has 1 aromatic rings. The summed E-state index contributed by atoms with van der Waals surface area (Å²) >= 11 is 0. The van der Waals surface area contributed by atoms with Gasteiger partial charge in [0.1, 0.15) is 0 Å². The van der Waals surface area contributed by atoms with E-state index in [0.717, 1.165) is 17.5 Å². The summed E-state index contributed by atoms with van der Waals surface area (Å²) in [4.78, 5) is 0. The fourth-order valence-corrected chi connectivity index (χ4v) is 1.00. The second-order valence-corrected chi connectivity index (χ2v) is 2.31. The lowest BCUT2D eigenvalue weighted by atomic mass is 10.1. The first-order chi connectivity index (χ1) is 5.38. The van der Waals surface area contributed by atoms with Crippen LogP contribution in [0.4, 0.5) is 0 Å². The van der Waals surface area contributed by atoms with Crippen molar-refractivity contribution in [3.8, 4) is 6.07 Å². The van der Waals surface area contributed by atoms with Crippen molar-refractivity contribution in [1.82, 2.24) is 0 Å².